The summed E-state index contributed by atoms with van der Waals surface area (Å²) in [4.78, 5) is 10.9. The number of hydrogen-bond acceptors (Lipinski definition) is 5. The van der Waals surface area contributed by atoms with Gasteiger partial charge >= 0.3 is 11.8 Å². The third-order valence-corrected chi connectivity index (χ3v) is 0.652. The molecule has 0 radical (unpaired) electrons. The van der Waals surface area contributed by atoms with Crippen LogP contribution in [0.5, 0.6) is 0 Å². The van der Waals surface area contributed by atoms with Gasteiger partial charge in [0.1, 0.15) is 0 Å². The number of nitrogens with zero attached hydrogens (tertiary/aromatic N) is 3. The van der Waals surface area contributed by atoms with Crippen molar-refractivity contribution in [3.8, 4) is 0 Å². The second-order valence-electron chi connectivity index (χ2n) is 1.19. The van der Waals surface area contributed by atoms with Crippen LogP contribution < -0.4 is 0 Å². The van der Waals surface area contributed by atoms with Crippen LogP contribution in [0.2, 0.25) is 0 Å². The Morgan fingerprint density at radius 3 is 2.50 bits per heavy atom. The zero-order valence-electron chi connectivity index (χ0n) is 5.01. The molecule has 0 amide bonds. The third kappa shape index (κ3) is 1.59. The summed E-state index contributed by atoms with van der Waals surface area (Å²) in [5.74, 6) is -2.16. The van der Waals surface area contributed by atoms with E-state index in [0.29, 0.717) is 0 Å². The van der Waals surface area contributed by atoms with Gasteiger partial charge in [0.25, 0.3) is 4.98 Å². The molecule has 7 heteroatoms. The summed E-state index contributed by atoms with van der Waals surface area (Å²) in [7, 11) is 1.00. The molecule has 0 saturated carbocycles. The predicted octanol–water partition coefficient (Wildman–Crippen LogP) is 0.447. The quantitative estimate of drug-likeness (QED) is 0.263. The molecule has 0 saturated heterocycles. The molecule has 0 unspecified atom stereocenters. The maximum absolute atomic E-state index is 9.78. The monoisotopic (exact) mass is 146 g/mol. The largest absolute Gasteiger partial charge is 0.747 e. The highest BCUT2D eigenvalue weighted by Gasteiger charge is 2.35. The van der Waals surface area contributed by atoms with Crippen LogP contribution in [0.15, 0.2) is 11.8 Å². The standard InChI is InChI=1S/C3H3N3O4/c1-10-3(7)2(5-4)6(8)9/h1H3/p+1/b3-2+. The van der Waals surface area contributed by atoms with Gasteiger partial charge in [-0.3, -0.25) is 10.1 Å². The molecule has 0 aromatic heterocycles. The molecule has 0 spiro atoms. The maximum atomic E-state index is 9.78. The Morgan fingerprint density at radius 2 is 2.40 bits per heavy atom. The molecule has 0 atom stereocenters. The fraction of sp³-hybridized carbons (Fsp3) is 0.333. The summed E-state index contributed by atoms with van der Waals surface area (Å²) in [6.07, 6.45) is 0. The average molecular weight is 146 g/mol. The molecule has 0 rings (SSSR count). The van der Waals surface area contributed by atoms with Gasteiger partial charge in [0.05, 0.1) is 7.11 Å². The lowest BCUT2D eigenvalue weighted by atomic mass is 10.8. The smallest absolute Gasteiger partial charge is 0.470 e. The van der Waals surface area contributed by atoms with Crippen LogP contribution >= 0.6 is 0 Å². The van der Waals surface area contributed by atoms with Crippen LogP contribution in [0.3, 0.4) is 0 Å². The van der Waals surface area contributed by atoms with Crippen molar-refractivity contribution in [2.75, 3.05) is 7.11 Å². The molecular weight excluding hydrogens is 142 g/mol. The topological polar surface area (TPSA) is 101 Å². The van der Waals surface area contributed by atoms with Crippen molar-refractivity contribution < 1.29 is 14.8 Å². The molecular formula is C3H4N3O4+. The van der Waals surface area contributed by atoms with E-state index in [1.807, 2.05) is 0 Å². The Kier molecular flexibility index (Phi) is 2.64. The molecule has 0 fully saturated rings. The van der Waals surface area contributed by atoms with Crippen LogP contribution in [-0.4, -0.2) is 17.1 Å². The maximum Gasteiger partial charge on any atom is 0.747 e. The highest BCUT2D eigenvalue weighted by Crippen LogP contribution is 2.03. The van der Waals surface area contributed by atoms with Gasteiger partial charge in [-0.1, -0.05) is 0 Å². The minimum Gasteiger partial charge on any atom is -0.470 e. The summed E-state index contributed by atoms with van der Waals surface area (Å²) in [6.45, 7) is 0. The first kappa shape index (κ1) is 8.16. The van der Waals surface area contributed by atoms with Crippen LogP contribution in [0, 0.1) is 15.5 Å². The number of aliphatic hydroxyl groups is 1. The van der Waals surface area contributed by atoms with E-state index >= 15 is 0 Å². The van der Waals surface area contributed by atoms with E-state index in [2.05, 4.69) is 9.71 Å². The Bertz CT molecular complexity index is 214. The normalized spacial score (nSPS) is 11.2. The lowest BCUT2D eigenvalue weighted by Crippen LogP contribution is -2.00. The average Bonchev–Trinajstić information content (AvgIpc) is 1.88. The van der Waals surface area contributed by atoms with Crippen molar-refractivity contribution in [2.45, 2.75) is 0 Å². The van der Waals surface area contributed by atoms with Gasteiger partial charge in [0.2, 0.25) is 5.39 Å². The minimum atomic E-state index is -1.12. The Hall–Kier alpha value is -1.84. The van der Waals surface area contributed by atoms with Crippen molar-refractivity contribution in [3.63, 3.8) is 0 Å². The second-order valence-corrected chi connectivity index (χ2v) is 1.19. The van der Waals surface area contributed by atoms with Crippen molar-refractivity contribution in [2.24, 2.45) is 0 Å². The Labute approximate surface area is 55.3 Å². The molecule has 0 aromatic rings. The molecule has 0 heterocycles. The first-order valence-corrected chi connectivity index (χ1v) is 2.10. The summed E-state index contributed by atoms with van der Waals surface area (Å²) < 4.78 is 4.00. The van der Waals surface area contributed by atoms with E-state index in [-0.39, 0.29) is 0 Å². The third-order valence-electron chi connectivity index (χ3n) is 0.652. The second kappa shape index (κ2) is 3.24. The number of aliphatic hydroxyl groups excluding tert-OH is 1. The number of hydrogen-bond donors (Lipinski definition) is 1. The highest BCUT2D eigenvalue weighted by atomic mass is 16.6. The Morgan fingerprint density at radius 1 is 1.90 bits per heavy atom. The summed E-state index contributed by atoms with van der Waals surface area (Å²) in [6, 6.07) is 0. The zero-order valence-corrected chi connectivity index (χ0v) is 5.01. The van der Waals surface area contributed by atoms with E-state index in [4.69, 9.17) is 10.5 Å². The zero-order chi connectivity index (χ0) is 8.15. The van der Waals surface area contributed by atoms with Crippen LogP contribution in [-0.2, 0) is 4.74 Å². The number of nitro groups is 1. The molecule has 0 aromatic carbocycles. The van der Waals surface area contributed by atoms with Crippen molar-refractivity contribution in [1.29, 1.82) is 5.39 Å². The first-order valence-electron chi connectivity index (χ1n) is 2.10. The van der Waals surface area contributed by atoms with Crippen LogP contribution in [0.1, 0.15) is 0 Å². The molecule has 0 aliphatic carbocycles. The van der Waals surface area contributed by atoms with Gasteiger partial charge < -0.3 is 9.84 Å². The van der Waals surface area contributed by atoms with E-state index in [1.54, 1.807) is 0 Å². The lowest BCUT2D eigenvalue weighted by molar-refractivity contribution is -0.425. The fourth-order valence-electron chi connectivity index (χ4n) is 0.249. The molecule has 0 aliphatic heterocycles. The van der Waals surface area contributed by atoms with Gasteiger partial charge in [0, 0.05) is 0 Å². The molecule has 54 valence electrons. The van der Waals surface area contributed by atoms with Gasteiger partial charge in [-0.25, -0.2) is 0 Å². The molecule has 0 aliphatic rings. The lowest BCUT2D eigenvalue weighted by Gasteiger charge is -1.85. The summed E-state index contributed by atoms with van der Waals surface area (Å²) >= 11 is 0. The molecule has 1 N–H and O–H groups in total. The van der Waals surface area contributed by atoms with Crippen molar-refractivity contribution >= 4 is 0 Å². The van der Waals surface area contributed by atoms with E-state index in [0.717, 1.165) is 7.11 Å². The van der Waals surface area contributed by atoms with E-state index < -0.39 is 16.7 Å². The molecule has 7 nitrogen and oxygen atoms in total. The van der Waals surface area contributed by atoms with Crippen molar-refractivity contribution in [1.82, 2.24) is 0 Å². The van der Waals surface area contributed by atoms with Gasteiger partial charge in [-0.15, -0.1) is 0 Å². The summed E-state index contributed by atoms with van der Waals surface area (Å²) in [5, 5.41) is 26.1. The van der Waals surface area contributed by atoms with Gasteiger partial charge in [-0.2, -0.15) is 0 Å². The fourth-order valence-corrected chi connectivity index (χ4v) is 0.249. The highest BCUT2D eigenvalue weighted by molar-refractivity contribution is 4.98. The predicted molar refractivity (Wildman–Crippen MR) is 28.7 cm³/mol. The van der Waals surface area contributed by atoms with E-state index in [1.165, 1.54) is 0 Å². The SMILES string of the molecule is CO/C(O)=C(\[N+]#N)[N+](=O)[O-]. The Balaban J connectivity index is 4.68. The van der Waals surface area contributed by atoms with Gasteiger partial charge in [0.15, 0.2) is 4.92 Å². The van der Waals surface area contributed by atoms with E-state index in [9.17, 15) is 10.1 Å². The number of methoxy groups -OCH3 is 1. The summed E-state index contributed by atoms with van der Waals surface area (Å²) in [5.41, 5.74) is 0. The molecule has 10 heavy (non-hydrogen) atoms. The first-order chi connectivity index (χ1) is 4.63. The van der Waals surface area contributed by atoms with Crippen molar-refractivity contribution in [3.05, 3.63) is 26.9 Å². The van der Waals surface area contributed by atoms with Crippen LogP contribution in [0.4, 0.5) is 0 Å². The number of ether oxygens (including phenoxy) is 1. The number of rotatable bonds is 2. The molecule has 0 bridgehead atoms. The number of diazo groups is 1. The minimum absolute atomic E-state index is 1.00. The van der Waals surface area contributed by atoms with Gasteiger partial charge in [-0.05, 0) is 0 Å². The van der Waals surface area contributed by atoms with Crippen LogP contribution in [0.25, 0.3) is 4.98 Å².